The lowest BCUT2D eigenvalue weighted by molar-refractivity contribution is 0.132. The van der Waals surface area contributed by atoms with Gasteiger partial charge in [0.2, 0.25) is 0 Å². The Balaban J connectivity index is 1.70. The van der Waals surface area contributed by atoms with Gasteiger partial charge in [0.05, 0.1) is 5.69 Å². The Morgan fingerprint density at radius 1 is 0.960 bits per heavy atom. The van der Waals surface area contributed by atoms with Crippen molar-refractivity contribution in [2.45, 2.75) is 12.1 Å². The molecule has 2 heterocycles. The molecule has 2 aromatic carbocycles. The molecule has 1 aliphatic heterocycles. The maximum absolute atomic E-state index is 13.2. The van der Waals surface area contributed by atoms with Crippen LogP contribution in [0.15, 0.2) is 72.9 Å². The van der Waals surface area contributed by atoms with Crippen LogP contribution in [0.3, 0.4) is 0 Å². The van der Waals surface area contributed by atoms with Crippen LogP contribution in [0.1, 0.15) is 23.4 Å². The molecule has 1 N–H and O–H groups in total. The molecule has 1 saturated heterocycles. The highest BCUT2D eigenvalue weighted by atomic mass is 19.1. The normalized spacial score (nSPS) is 19.3. The Hall–Kier alpha value is -3.21. The monoisotopic (exact) mass is 334 g/mol. The maximum Gasteiger partial charge on any atom is 0.408 e. The number of carbonyl (C=O) groups excluding carboxylic acids is 1. The molecule has 5 heteroatoms. The molecule has 1 amide bonds. The Labute approximate surface area is 144 Å². The Morgan fingerprint density at radius 3 is 2.48 bits per heavy atom. The van der Waals surface area contributed by atoms with Crippen molar-refractivity contribution in [3.63, 3.8) is 0 Å². The van der Waals surface area contributed by atoms with E-state index in [1.54, 1.807) is 18.3 Å². The number of carbonyl (C=O) groups is 1. The molecule has 0 saturated carbocycles. The second kappa shape index (κ2) is 6.36. The molecule has 0 bridgehead atoms. The summed E-state index contributed by atoms with van der Waals surface area (Å²) in [5.41, 5.74) is 3.48. The first-order chi connectivity index (χ1) is 12.2. The maximum atomic E-state index is 13.2. The summed E-state index contributed by atoms with van der Waals surface area (Å²) in [4.78, 5) is 16.2. The van der Waals surface area contributed by atoms with Crippen molar-refractivity contribution in [1.82, 2.24) is 10.3 Å². The molecule has 0 unspecified atom stereocenters. The molecule has 0 radical (unpaired) electrons. The van der Waals surface area contributed by atoms with Crippen LogP contribution >= 0.6 is 0 Å². The average Bonchev–Trinajstić information content (AvgIpc) is 3.05. The Morgan fingerprint density at radius 2 is 1.72 bits per heavy atom. The first kappa shape index (κ1) is 15.3. The number of pyridine rings is 1. The van der Waals surface area contributed by atoms with E-state index in [-0.39, 0.29) is 5.82 Å². The SMILES string of the molecule is O=C1N[C@@H](c2cc(-c3ccccc3)ccn2)[C@H](c2ccc(F)cc2)O1. The topological polar surface area (TPSA) is 51.2 Å². The quantitative estimate of drug-likeness (QED) is 0.772. The third-order valence-corrected chi connectivity index (χ3v) is 4.22. The van der Waals surface area contributed by atoms with E-state index in [2.05, 4.69) is 10.3 Å². The van der Waals surface area contributed by atoms with E-state index < -0.39 is 18.2 Å². The van der Waals surface area contributed by atoms with Gasteiger partial charge in [0.15, 0.2) is 6.10 Å². The zero-order valence-electron chi connectivity index (χ0n) is 13.2. The number of cyclic esters (lactones) is 1. The number of benzene rings is 2. The molecule has 4 rings (SSSR count). The van der Waals surface area contributed by atoms with E-state index >= 15 is 0 Å². The summed E-state index contributed by atoms with van der Waals surface area (Å²) >= 11 is 0. The lowest BCUT2D eigenvalue weighted by atomic mass is 9.97. The van der Waals surface area contributed by atoms with Crippen LogP contribution in [0.25, 0.3) is 11.1 Å². The van der Waals surface area contributed by atoms with E-state index in [1.165, 1.54) is 12.1 Å². The van der Waals surface area contributed by atoms with Gasteiger partial charge in [-0.05, 0) is 41.0 Å². The average molecular weight is 334 g/mol. The minimum absolute atomic E-state index is 0.332. The van der Waals surface area contributed by atoms with Gasteiger partial charge in [-0.2, -0.15) is 0 Å². The summed E-state index contributed by atoms with van der Waals surface area (Å²) in [7, 11) is 0. The van der Waals surface area contributed by atoms with Crippen molar-refractivity contribution in [3.05, 3.63) is 90.0 Å². The fraction of sp³-hybridized carbons (Fsp3) is 0.100. The zero-order valence-corrected chi connectivity index (χ0v) is 13.2. The van der Waals surface area contributed by atoms with E-state index in [1.807, 2.05) is 42.5 Å². The minimum Gasteiger partial charge on any atom is -0.439 e. The molecular formula is C20H15FN2O2. The van der Waals surface area contributed by atoms with Gasteiger partial charge in [0.1, 0.15) is 11.9 Å². The molecule has 3 aromatic rings. The number of hydrogen-bond acceptors (Lipinski definition) is 3. The van der Waals surface area contributed by atoms with Crippen LogP contribution in [0.2, 0.25) is 0 Å². The second-order valence-electron chi connectivity index (χ2n) is 5.83. The largest absolute Gasteiger partial charge is 0.439 e. The predicted molar refractivity (Wildman–Crippen MR) is 91.2 cm³/mol. The number of halogens is 1. The number of alkyl carbamates (subject to hydrolysis) is 1. The summed E-state index contributed by atoms with van der Waals surface area (Å²) < 4.78 is 18.6. The molecule has 1 fully saturated rings. The zero-order chi connectivity index (χ0) is 17.2. The molecular weight excluding hydrogens is 319 g/mol. The third kappa shape index (κ3) is 3.08. The van der Waals surface area contributed by atoms with Crippen LogP contribution in [0, 0.1) is 5.82 Å². The van der Waals surface area contributed by atoms with Gasteiger partial charge < -0.3 is 10.1 Å². The first-order valence-corrected chi connectivity index (χ1v) is 7.95. The fourth-order valence-electron chi connectivity index (χ4n) is 2.99. The number of nitrogens with one attached hydrogen (secondary N) is 1. The number of ether oxygens (including phenoxy) is 1. The van der Waals surface area contributed by atoms with E-state index in [4.69, 9.17) is 4.74 Å². The molecule has 25 heavy (non-hydrogen) atoms. The minimum atomic E-state index is -0.549. The van der Waals surface area contributed by atoms with Gasteiger partial charge in [0, 0.05) is 6.20 Å². The van der Waals surface area contributed by atoms with E-state index in [0.717, 1.165) is 16.7 Å². The molecule has 1 aromatic heterocycles. The molecule has 1 aliphatic rings. The van der Waals surface area contributed by atoms with Crippen molar-refractivity contribution < 1.29 is 13.9 Å². The fourth-order valence-corrected chi connectivity index (χ4v) is 2.99. The van der Waals surface area contributed by atoms with Crippen molar-refractivity contribution in [1.29, 1.82) is 0 Å². The first-order valence-electron chi connectivity index (χ1n) is 7.95. The van der Waals surface area contributed by atoms with Crippen LogP contribution < -0.4 is 5.32 Å². The molecule has 4 nitrogen and oxygen atoms in total. The van der Waals surface area contributed by atoms with Gasteiger partial charge in [-0.3, -0.25) is 4.98 Å². The van der Waals surface area contributed by atoms with Gasteiger partial charge in [-0.25, -0.2) is 9.18 Å². The summed E-state index contributed by atoms with van der Waals surface area (Å²) in [5, 5.41) is 2.79. The van der Waals surface area contributed by atoms with Crippen LogP contribution in [0.5, 0.6) is 0 Å². The van der Waals surface area contributed by atoms with Crippen LogP contribution in [-0.4, -0.2) is 11.1 Å². The second-order valence-corrected chi connectivity index (χ2v) is 5.83. The smallest absolute Gasteiger partial charge is 0.408 e. The summed E-state index contributed by atoms with van der Waals surface area (Å²) in [6.45, 7) is 0. The highest BCUT2D eigenvalue weighted by Crippen LogP contribution is 2.36. The number of amides is 1. The number of hydrogen-bond donors (Lipinski definition) is 1. The van der Waals surface area contributed by atoms with Crippen molar-refractivity contribution in [3.8, 4) is 11.1 Å². The number of aromatic nitrogens is 1. The number of rotatable bonds is 3. The standard InChI is InChI=1S/C20H15FN2O2/c21-16-8-6-14(7-9-16)19-18(23-20(24)25-19)17-12-15(10-11-22-17)13-4-2-1-3-5-13/h1-12,18-19H,(H,23,24)/t18-,19-/m0/s1. The van der Waals surface area contributed by atoms with Crippen molar-refractivity contribution in [2.24, 2.45) is 0 Å². The highest BCUT2D eigenvalue weighted by Gasteiger charge is 2.37. The van der Waals surface area contributed by atoms with E-state index in [0.29, 0.717) is 5.69 Å². The molecule has 0 spiro atoms. The summed E-state index contributed by atoms with van der Waals surface area (Å²) in [5.74, 6) is -0.332. The highest BCUT2D eigenvalue weighted by molar-refractivity contribution is 5.71. The molecule has 0 aliphatic carbocycles. The Kier molecular flexibility index (Phi) is 3.90. The van der Waals surface area contributed by atoms with Crippen molar-refractivity contribution >= 4 is 6.09 Å². The third-order valence-electron chi connectivity index (χ3n) is 4.22. The molecule has 124 valence electrons. The summed E-state index contributed by atoms with van der Waals surface area (Å²) in [6.07, 6.45) is 0.655. The predicted octanol–water partition coefficient (Wildman–Crippen LogP) is 4.41. The van der Waals surface area contributed by atoms with Gasteiger partial charge in [0.25, 0.3) is 0 Å². The Bertz CT molecular complexity index is 897. The van der Waals surface area contributed by atoms with Gasteiger partial charge in [-0.1, -0.05) is 42.5 Å². The van der Waals surface area contributed by atoms with Crippen molar-refractivity contribution in [2.75, 3.05) is 0 Å². The molecule has 2 atom stereocenters. The van der Waals surface area contributed by atoms with E-state index in [9.17, 15) is 9.18 Å². The van der Waals surface area contributed by atoms with Gasteiger partial charge in [-0.15, -0.1) is 0 Å². The lowest BCUT2D eigenvalue weighted by Crippen LogP contribution is -2.20. The van der Waals surface area contributed by atoms with Crippen LogP contribution in [-0.2, 0) is 4.74 Å². The summed E-state index contributed by atoms with van der Waals surface area (Å²) in [6, 6.07) is 19.3. The number of nitrogens with zero attached hydrogens (tertiary/aromatic N) is 1. The van der Waals surface area contributed by atoms with Gasteiger partial charge >= 0.3 is 6.09 Å². The van der Waals surface area contributed by atoms with Crippen LogP contribution in [0.4, 0.5) is 9.18 Å². The lowest BCUT2D eigenvalue weighted by Gasteiger charge is -2.17.